The van der Waals surface area contributed by atoms with Crippen LogP contribution in [0.2, 0.25) is 0 Å². The van der Waals surface area contributed by atoms with Gasteiger partial charge in [0.2, 0.25) is 0 Å². The standard InChI is InChI=1S/C11H11F2N3S/c12-8-1-7(2-9(13)4-8)3-10(16-14)11-5-17-6-15-11/h1-2,4-6,10,16H,3,14H2. The van der Waals surface area contributed by atoms with Gasteiger partial charge in [0.25, 0.3) is 0 Å². The summed E-state index contributed by atoms with van der Waals surface area (Å²) in [5.41, 5.74) is 5.58. The fourth-order valence-electron chi connectivity index (χ4n) is 1.61. The quantitative estimate of drug-likeness (QED) is 0.650. The van der Waals surface area contributed by atoms with E-state index in [9.17, 15) is 8.78 Å². The number of nitrogens with zero attached hydrogens (tertiary/aromatic N) is 1. The Morgan fingerprint density at radius 1 is 1.29 bits per heavy atom. The topological polar surface area (TPSA) is 50.9 Å². The summed E-state index contributed by atoms with van der Waals surface area (Å²) in [6, 6.07) is 3.18. The second kappa shape index (κ2) is 5.31. The molecule has 0 radical (unpaired) electrons. The Bertz CT molecular complexity index is 467. The van der Waals surface area contributed by atoms with Crippen molar-refractivity contribution in [3.8, 4) is 0 Å². The third-order valence-electron chi connectivity index (χ3n) is 2.37. The van der Waals surface area contributed by atoms with E-state index in [1.54, 1.807) is 5.51 Å². The smallest absolute Gasteiger partial charge is 0.126 e. The molecule has 0 spiro atoms. The number of hydrazine groups is 1. The molecule has 2 rings (SSSR count). The zero-order chi connectivity index (χ0) is 12.3. The fraction of sp³-hybridized carbons (Fsp3) is 0.182. The molecule has 0 saturated heterocycles. The van der Waals surface area contributed by atoms with Crippen LogP contribution in [-0.2, 0) is 6.42 Å². The van der Waals surface area contributed by atoms with Gasteiger partial charge in [0.05, 0.1) is 17.2 Å². The van der Waals surface area contributed by atoms with E-state index in [1.165, 1.54) is 23.5 Å². The Labute approximate surface area is 101 Å². The molecule has 90 valence electrons. The van der Waals surface area contributed by atoms with Crippen LogP contribution in [0.3, 0.4) is 0 Å². The van der Waals surface area contributed by atoms with Gasteiger partial charge in [-0.15, -0.1) is 11.3 Å². The van der Waals surface area contributed by atoms with Crippen LogP contribution in [0.1, 0.15) is 17.3 Å². The molecule has 0 amide bonds. The van der Waals surface area contributed by atoms with E-state index in [2.05, 4.69) is 10.4 Å². The number of nitrogens with two attached hydrogens (primary N) is 1. The normalized spacial score (nSPS) is 12.6. The number of hydrogen-bond acceptors (Lipinski definition) is 4. The van der Waals surface area contributed by atoms with Crippen LogP contribution in [0.15, 0.2) is 29.1 Å². The van der Waals surface area contributed by atoms with Crippen molar-refractivity contribution in [1.82, 2.24) is 10.4 Å². The van der Waals surface area contributed by atoms with Crippen LogP contribution in [0, 0.1) is 11.6 Å². The number of thiazole rings is 1. The fourth-order valence-corrected chi connectivity index (χ4v) is 2.22. The van der Waals surface area contributed by atoms with Crippen molar-refractivity contribution < 1.29 is 8.78 Å². The Morgan fingerprint density at radius 2 is 2.00 bits per heavy atom. The average Bonchev–Trinajstić information content (AvgIpc) is 2.77. The molecule has 0 aliphatic heterocycles. The first-order chi connectivity index (χ1) is 8.19. The highest BCUT2D eigenvalue weighted by Crippen LogP contribution is 2.19. The zero-order valence-corrected chi connectivity index (χ0v) is 9.68. The second-order valence-electron chi connectivity index (χ2n) is 3.61. The molecule has 3 nitrogen and oxygen atoms in total. The Balaban J connectivity index is 2.18. The van der Waals surface area contributed by atoms with Crippen LogP contribution in [-0.4, -0.2) is 4.98 Å². The van der Waals surface area contributed by atoms with Crippen molar-refractivity contribution in [2.45, 2.75) is 12.5 Å². The number of rotatable bonds is 4. The SMILES string of the molecule is NNC(Cc1cc(F)cc(F)c1)c1cscn1. The van der Waals surface area contributed by atoms with Gasteiger partial charge in [-0.1, -0.05) is 0 Å². The molecule has 0 fully saturated rings. The van der Waals surface area contributed by atoms with Crippen molar-refractivity contribution in [3.63, 3.8) is 0 Å². The molecule has 17 heavy (non-hydrogen) atoms. The predicted molar refractivity (Wildman–Crippen MR) is 62.2 cm³/mol. The van der Waals surface area contributed by atoms with E-state index in [0.29, 0.717) is 12.0 Å². The largest absolute Gasteiger partial charge is 0.271 e. The number of halogens is 2. The van der Waals surface area contributed by atoms with Crippen LogP contribution in [0.5, 0.6) is 0 Å². The lowest BCUT2D eigenvalue weighted by Crippen LogP contribution is -2.29. The maximum atomic E-state index is 13.0. The maximum Gasteiger partial charge on any atom is 0.126 e. The summed E-state index contributed by atoms with van der Waals surface area (Å²) in [4.78, 5) is 4.12. The third kappa shape index (κ3) is 3.06. The summed E-state index contributed by atoms with van der Waals surface area (Å²) in [6.45, 7) is 0. The van der Waals surface area contributed by atoms with Gasteiger partial charge in [0, 0.05) is 11.4 Å². The van der Waals surface area contributed by atoms with Crippen molar-refractivity contribution in [1.29, 1.82) is 0 Å². The van der Waals surface area contributed by atoms with Crippen LogP contribution in [0.4, 0.5) is 8.78 Å². The van der Waals surface area contributed by atoms with Gasteiger partial charge < -0.3 is 0 Å². The van der Waals surface area contributed by atoms with Gasteiger partial charge in [-0.3, -0.25) is 11.3 Å². The van der Waals surface area contributed by atoms with Gasteiger partial charge in [-0.25, -0.2) is 13.8 Å². The first-order valence-corrected chi connectivity index (χ1v) is 5.92. The highest BCUT2D eigenvalue weighted by atomic mass is 32.1. The van der Waals surface area contributed by atoms with E-state index in [1.807, 2.05) is 5.38 Å². The summed E-state index contributed by atoms with van der Waals surface area (Å²) in [5.74, 6) is 4.24. The van der Waals surface area contributed by atoms with Crippen LogP contribution < -0.4 is 11.3 Å². The van der Waals surface area contributed by atoms with E-state index < -0.39 is 11.6 Å². The molecular weight excluding hydrogens is 244 g/mol. The predicted octanol–water partition coefficient (Wildman–Crippen LogP) is 2.17. The molecule has 2 aromatic rings. The van der Waals surface area contributed by atoms with E-state index in [-0.39, 0.29) is 6.04 Å². The van der Waals surface area contributed by atoms with E-state index in [0.717, 1.165) is 11.8 Å². The first-order valence-electron chi connectivity index (χ1n) is 4.98. The summed E-state index contributed by atoms with van der Waals surface area (Å²) in [7, 11) is 0. The van der Waals surface area contributed by atoms with E-state index >= 15 is 0 Å². The molecule has 1 heterocycles. The van der Waals surface area contributed by atoms with Gasteiger partial charge in [0.1, 0.15) is 11.6 Å². The Kier molecular flexibility index (Phi) is 3.78. The van der Waals surface area contributed by atoms with Gasteiger partial charge in [-0.05, 0) is 24.1 Å². The highest BCUT2D eigenvalue weighted by Gasteiger charge is 2.13. The number of hydrogen-bond donors (Lipinski definition) is 2. The van der Waals surface area contributed by atoms with Crippen molar-refractivity contribution in [3.05, 3.63) is 52.0 Å². The molecule has 1 atom stereocenters. The van der Waals surface area contributed by atoms with Gasteiger partial charge in [0.15, 0.2) is 0 Å². The lowest BCUT2D eigenvalue weighted by atomic mass is 10.0. The number of benzene rings is 1. The Hall–Kier alpha value is -1.37. The Morgan fingerprint density at radius 3 is 2.53 bits per heavy atom. The molecule has 0 bridgehead atoms. The lowest BCUT2D eigenvalue weighted by molar-refractivity contribution is 0.531. The summed E-state index contributed by atoms with van der Waals surface area (Å²) < 4.78 is 26.0. The highest BCUT2D eigenvalue weighted by molar-refractivity contribution is 7.07. The minimum atomic E-state index is -0.589. The lowest BCUT2D eigenvalue weighted by Gasteiger charge is -2.13. The molecule has 3 N–H and O–H groups in total. The second-order valence-corrected chi connectivity index (χ2v) is 4.33. The zero-order valence-electron chi connectivity index (χ0n) is 8.86. The van der Waals surface area contributed by atoms with Gasteiger partial charge >= 0.3 is 0 Å². The van der Waals surface area contributed by atoms with Crippen molar-refractivity contribution >= 4 is 11.3 Å². The van der Waals surface area contributed by atoms with Crippen molar-refractivity contribution in [2.24, 2.45) is 5.84 Å². The molecule has 1 unspecified atom stereocenters. The third-order valence-corrected chi connectivity index (χ3v) is 2.98. The number of nitrogens with one attached hydrogen (secondary N) is 1. The summed E-state index contributed by atoms with van der Waals surface area (Å²) >= 11 is 1.45. The molecule has 0 aliphatic carbocycles. The number of aromatic nitrogens is 1. The maximum absolute atomic E-state index is 13.0. The minimum absolute atomic E-state index is 0.248. The monoisotopic (exact) mass is 255 g/mol. The minimum Gasteiger partial charge on any atom is -0.271 e. The van der Waals surface area contributed by atoms with Crippen LogP contribution >= 0.6 is 11.3 Å². The molecular formula is C11H11F2N3S. The van der Waals surface area contributed by atoms with Gasteiger partial charge in [-0.2, -0.15) is 0 Å². The summed E-state index contributed by atoms with van der Waals surface area (Å²) in [6.07, 6.45) is 0.384. The van der Waals surface area contributed by atoms with Crippen molar-refractivity contribution in [2.75, 3.05) is 0 Å². The average molecular weight is 255 g/mol. The first kappa shape index (κ1) is 12.1. The molecule has 1 aromatic heterocycles. The molecule has 0 aliphatic rings. The molecule has 0 saturated carbocycles. The summed E-state index contributed by atoms with van der Waals surface area (Å²) in [5, 5.41) is 1.85. The van der Waals surface area contributed by atoms with Crippen LogP contribution in [0.25, 0.3) is 0 Å². The molecule has 6 heteroatoms. The van der Waals surface area contributed by atoms with E-state index in [4.69, 9.17) is 5.84 Å². The molecule has 1 aromatic carbocycles.